The number of pyridine rings is 1. The van der Waals surface area contributed by atoms with Crippen LogP contribution in [0.3, 0.4) is 0 Å². The molecule has 3 N–H and O–H groups in total. The Labute approximate surface area is 177 Å². The fourth-order valence-electron chi connectivity index (χ4n) is 3.83. The summed E-state index contributed by atoms with van der Waals surface area (Å²) in [6.07, 6.45) is 5.13. The average Bonchev–Trinajstić information content (AvgIpc) is 3.19. The molecule has 4 rings (SSSR count). The zero-order valence-corrected chi connectivity index (χ0v) is 17.7. The van der Waals surface area contributed by atoms with Crippen LogP contribution in [0.2, 0.25) is 0 Å². The number of nitrogens with zero attached hydrogens (tertiary/aromatic N) is 3. The number of anilines is 1. The third kappa shape index (κ3) is 4.91. The van der Waals surface area contributed by atoms with E-state index in [9.17, 15) is 0 Å². The number of ether oxygens (including phenoxy) is 1. The molecule has 0 aliphatic carbocycles. The maximum atomic E-state index is 5.63. The van der Waals surface area contributed by atoms with Crippen LogP contribution < -0.4 is 15.5 Å². The van der Waals surface area contributed by atoms with Gasteiger partial charge in [0.15, 0.2) is 5.96 Å². The molecule has 3 aromatic rings. The first-order valence-electron chi connectivity index (χ1n) is 10.5. The summed E-state index contributed by atoms with van der Waals surface area (Å²) in [6, 6.07) is 12.6. The van der Waals surface area contributed by atoms with Crippen LogP contribution in [0.4, 0.5) is 5.82 Å². The Morgan fingerprint density at radius 3 is 3.07 bits per heavy atom. The van der Waals surface area contributed by atoms with Crippen LogP contribution in [0.15, 0.2) is 53.8 Å². The number of aromatic amines is 1. The van der Waals surface area contributed by atoms with Crippen molar-refractivity contribution in [3.05, 3.63) is 59.9 Å². The highest BCUT2D eigenvalue weighted by Crippen LogP contribution is 2.18. The monoisotopic (exact) mass is 406 g/mol. The number of aliphatic imine (C=N–C) groups is 1. The van der Waals surface area contributed by atoms with E-state index in [1.165, 1.54) is 22.0 Å². The average molecular weight is 407 g/mol. The summed E-state index contributed by atoms with van der Waals surface area (Å²) >= 11 is 0. The summed E-state index contributed by atoms with van der Waals surface area (Å²) < 4.78 is 5.63. The number of hydrogen-bond donors (Lipinski definition) is 3. The minimum Gasteiger partial charge on any atom is -0.375 e. The number of morpholine rings is 1. The first-order chi connectivity index (χ1) is 14.7. The molecular formula is C23H30N6O. The van der Waals surface area contributed by atoms with Gasteiger partial charge in [-0.25, -0.2) is 4.98 Å². The fourth-order valence-corrected chi connectivity index (χ4v) is 3.83. The van der Waals surface area contributed by atoms with Crippen molar-refractivity contribution in [3.63, 3.8) is 0 Å². The lowest BCUT2D eigenvalue weighted by molar-refractivity contribution is 0.0529. The molecule has 30 heavy (non-hydrogen) atoms. The molecule has 0 saturated carbocycles. The summed E-state index contributed by atoms with van der Waals surface area (Å²) in [7, 11) is 1.80. The van der Waals surface area contributed by atoms with Crippen molar-refractivity contribution in [1.29, 1.82) is 0 Å². The first kappa shape index (κ1) is 20.2. The Hall–Kier alpha value is -3.06. The molecule has 0 radical (unpaired) electrons. The molecule has 1 unspecified atom stereocenters. The molecule has 1 fully saturated rings. The van der Waals surface area contributed by atoms with Gasteiger partial charge in [0.05, 0.1) is 12.7 Å². The zero-order valence-electron chi connectivity index (χ0n) is 17.7. The molecule has 3 heterocycles. The van der Waals surface area contributed by atoms with E-state index in [1.807, 2.05) is 12.3 Å². The molecule has 1 aliphatic rings. The minimum absolute atomic E-state index is 0.238. The second-order valence-electron chi connectivity index (χ2n) is 7.61. The van der Waals surface area contributed by atoms with Gasteiger partial charge in [0.25, 0.3) is 0 Å². The molecule has 1 aromatic carbocycles. The van der Waals surface area contributed by atoms with Gasteiger partial charge in [-0.3, -0.25) is 4.99 Å². The lowest BCUT2D eigenvalue weighted by Gasteiger charge is -2.32. The van der Waals surface area contributed by atoms with E-state index in [-0.39, 0.29) is 6.10 Å². The number of fused-ring (bicyclic) bond motifs is 1. The molecule has 1 atom stereocenters. The summed E-state index contributed by atoms with van der Waals surface area (Å²) in [5.41, 5.74) is 3.67. The van der Waals surface area contributed by atoms with Gasteiger partial charge in [-0.1, -0.05) is 18.2 Å². The van der Waals surface area contributed by atoms with Crippen LogP contribution in [0, 0.1) is 0 Å². The smallest absolute Gasteiger partial charge is 0.191 e. The van der Waals surface area contributed by atoms with Gasteiger partial charge >= 0.3 is 0 Å². The Kier molecular flexibility index (Phi) is 6.49. The van der Waals surface area contributed by atoms with Crippen LogP contribution in [0.5, 0.6) is 0 Å². The van der Waals surface area contributed by atoms with Gasteiger partial charge in [-0.15, -0.1) is 0 Å². The quantitative estimate of drug-likeness (QED) is 0.433. The maximum absolute atomic E-state index is 5.63. The number of rotatable bonds is 6. The number of para-hydroxylation sites is 1. The Morgan fingerprint density at radius 1 is 1.30 bits per heavy atom. The van der Waals surface area contributed by atoms with Gasteiger partial charge in [0.1, 0.15) is 5.82 Å². The number of guanidine groups is 1. The summed E-state index contributed by atoms with van der Waals surface area (Å²) in [4.78, 5) is 14.5. The molecule has 7 heteroatoms. The maximum Gasteiger partial charge on any atom is 0.191 e. The summed E-state index contributed by atoms with van der Waals surface area (Å²) in [5.74, 6) is 1.81. The van der Waals surface area contributed by atoms with E-state index in [2.05, 4.69) is 73.9 Å². The van der Waals surface area contributed by atoms with Crippen LogP contribution >= 0.6 is 0 Å². The second kappa shape index (κ2) is 9.63. The predicted molar refractivity (Wildman–Crippen MR) is 122 cm³/mol. The number of H-pyrrole nitrogens is 1. The third-order valence-electron chi connectivity index (χ3n) is 5.42. The van der Waals surface area contributed by atoms with E-state index >= 15 is 0 Å². The summed E-state index contributed by atoms with van der Waals surface area (Å²) in [5, 5.41) is 8.09. The number of nitrogens with one attached hydrogen (secondary N) is 3. The van der Waals surface area contributed by atoms with Gasteiger partial charge in [0.2, 0.25) is 0 Å². The van der Waals surface area contributed by atoms with E-state index in [1.54, 1.807) is 7.05 Å². The van der Waals surface area contributed by atoms with Crippen molar-refractivity contribution in [2.45, 2.75) is 26.0 Å². The molecule has 7 nitrogen and oxygen atoms in total. The normalized spacial score (nSPS) is 17.3. The Bertz CT molecular complexity index is 998. The Morgan fingerprint density at radius 2 is 2.20 bits per heavy atom. The number of benzene rings is 1. The van der Waals surface area contributed by atoms with Crippen molar-refractivity contribution >= 4 is 22.7 Å². The lowest BCUT2D eigenvalue weighted by Crippen LogP contribution is -2.41. The van der Waals surface area contributed by atoms with Crippen LogP contribution in [-0.4, -0.2) is 55.3 Å². The van der Waals surface area contributed by atoms with Gasteiger partial charge in [-0.05, 0) is 42.7 Å². The van der Waals surface area contributed by atoms with Gasteiger partial charge in [-0.2, -0.15) is 0 Å². The summed E-state index contributed by atoms with van der Waals surface area (Å²) in [6.45, 7) is 6.12. The van der Waals surface area contributed by atoms with Crippen molar-refractivity contribution in [3.8, 4) is 0 Å². The standard InChI is InChI=1S/C23H30N6O/c1-17-16-29(11-12-30-17)22-13-18(7-9-25-22)14-28-23(24-2)26-10-8-19-15-27-21-6-4-3-5-20(19)21/h3-7,9,13,15,17,27H,8,10-12,14,16H2,1-2H3,(H2,24,26,28). The third-order valence-corrected chi connectivity index (χ3v) is 5.42. The van der Waals surface area contributed by atoms with E-state index < -0.39 is 0 Å². The molecule has 158 valence electrons. The minimum atomic E-state index is 0.238. The second-order valence-corrected chi connectivity index (χ2v) is 7.61. The molecule has 2 aromatic heterocycles. The van der Waals surface area contributed by atoms with Gasteiger partial charge < -0.3 is 25.3 Å². The highest BCUT2D eigenvalue weighted by atomic mass is 16.5. The van der Waals surface area contributed by atoms with Crippen molar-refractivity contribution in [2.24, 2.45) is 4.99 Å². The zero-order chi connectivity index (χ0) is 20.8. The van der Waals surface area contributed by atoms with Gasteiger partial charge in [0, 0.05) is 56.5 Å². The molecule has 1 saturated heterocycles. The fraction of sp³-hybridized carbons (Fsp3) is 0.391. The number of aromatic nitrogens is 2. The largest absolute Gasteiger partial charge is 0.375 e. The van der Waals surface area contributed by atoms with E-state index in [0.29, 0.717) is 6.54 Å². The van der Waals surface area contributed by atoms with E-state index in [4.69, 9.17) is 4.74 Å². The molecule has 0 amide bonds. The molecule has 0 bridgehead atoms. The van der Waals surface area contributed by atoms with Crippen LogP contribution in [0.25, 0.3) is 10.9 Å². The van der Waals surface area contributed by atoms with Crippen molar-refractivity contribution < 1.29 is 4.74 Å². The first-order valence-corrected chi connectivity index (χ1v) is 10.5. The highest BCUT2D eigenvalue weighted by molar-refractivity contribution is 5.83. The molecule has 1 aliphatic heterocycles. The van der Waals surface area contributed by atoms with Crippen molar-refractivity contribution in [2.75, 3.05) is 38.2 Å². The molecule has 0 spiro atoms. The highest BCUT2D eigenvalue weighted by Gasteiger charge is 2.18. The Balaban J connectivity index is 1.29. The SMILES string of the molecule is CN=C(NCCc1c[nH]c2ccccc12)NCc1ccnc(N2CCOC(C)C2)c1. The lowest BCUT2D eigenvalue weighted by atomic mass is 10.1. The predicted octanol–water partition coefficient (Wildman–Crippen LogP) is 2.70. The molecular weight excluding hydrogens is 376 g/mol. The van der Waals surface area contributed by atoms with E-state index in [0.717, 1.165) is 44.4 Å². The van der Waals surface area contributed by atoms with Crippen LogP contribution in [0.1, 0.15) is 18.1 Å². The topological polar surface area (TPSA) is 77.6 Å². The van der Waals surface area contributed by atoms with Crippen LogP contribution in [-0.2, 0) is 17.7 Å². The van der Waals surface area contributed by atoms with Crippen molar-refractivity contribution in [1.82, 2.24) is 20.6 Å². The number of hydrogen-bond acceptors (Lipinski definition) is 4.